The summed E-state index contributed by atoms with van der Waals surface area (Å²) in [6.07, 6.45) is 2.22. The highest BCUT2D eigenvalue weighted by Gasteiger charge is 2.36. The van der Waals surface area contributed by atoms with Crippen molar-refractivity contribution in [3.8, 4) is 0 Å². The van der Waals surface area contributed by atoms with Crippen LogP contribution in [0.3, 0.4) is 0 Å². The van der Waals surface area contributed by atoms with Crippen LogP contribution in [0, 0.1) is 0 Å². The zero-order chi connectivity index (χ0) is 20.7. The van der Waals surface area contributed by atoms with Crippen LogP contribution in [0.4, 0.5) is 5.95 Å². The van der Waals surface area contributed by atoms with Gasteiger partial charge in [-0.1, -0.05) is 65.3 Å². The molecule has 0 radical (unpaired) electrons. The number of rotatable bonds is 4. The molecule has 0 spiro atoms. The third-order valence-corrected chi connectivity index (χ3v) is 6.82. The average molecular weight is 457 g/mol. The van der Waals surface area contributed by atoms with Crippen LogP contribution in [0.2, 0.25) is 10.0 Å². The summed E-state index contributed by atoms with van der Waals surface area (Å²) in [6, 6.07) is 15.0. The summed E-state index contributed by atoms with van der Waals surface area (Å²) >= 11 is 14.1. The number of carbonyl (C=O) groups excluding carboxylic acids is 1. The highest BCUT2D eigenvalue weighted by atomic mass is 35.5. The fourth-order valence-corrected chi connectivity index (χ4v) is 5.25. The second-order valence-corrected chi connectivity index (χ2v) is 9.08. The lowest BCUT2D eigenvalue weighted by Crippen LogP contribution is -2.31. The van der Waals surface area contributed by atoms with Crippen LogP contribution in [0.1, 0.15) is 36.4 Å². The van der Waals surface area contributed by atoms with Crippen molar-refractivity contribution >= 4 is 46.7 Å². The highest BCUT2D eigenvalue weighted by molar-refractivity contribution is 7.98. The van der Waals surface area contributed by atoms with Crippen molar-refractivity contribution in [1.29, 1.82) is 0 Å². The lowest BCUT2D eigenvalue weighted by molar-refractivity contribution is -0.116. The van der Waals surface area contributed by atoms with Crippen LogP contribution in [-0.2, 0) is 10.5 Å². The fourth-order valence-electron chi connectivity index (χ4n) is 3.94. The molecule has 1 unspecified atom stereocenters. The van der Waals surface area contributed by atoms with Crippen LogP contribution >= 0.6 is 35.0 Å². The number of carbonyl (C=O) groups is 1. The van der Waals surface area contributed by atoms with Gasteiger partial charge in [0.2, 0.25) is 11.1 Å². The number of thioether (sulfide) groups is 1. The van der Waals surface area contributed by atoms with Gasteiger partial charge in [-0.25, -0.2) is 4.68 Å². The topological polar surface area (TPSA) is 59.8 Å². The molecule has 2 aromatic carbocycles. The maximum Gasteiger partial charge on any atom is 0.227 e. The van der Waals surface area contributed by atoms with Gasteiger partial charge in [-0.15, -0.1) is 5.10 Å². The predicted molar refractivity (Wildman–Crippen MR) is 120 cm³/mol. The highest BCUT2D eigenvalue weighted by Crippen LogP contribution is 2.41. The van der Waals surface area contributed by atoms with Crippen LogP contribution < -0.4 is 5.32 Å². The lowest BCUT2D eigenvalue weighted by Gasteiger charge is -2.32. The minimum absolute atomic E-state index is 0.153. The fraction of sp³-hybridized carbons (Fsp3) is 0.227. The maximum absolute atomic E-state index is 12.8. The third kappa shape index (κ3) is 3.64. The molecule has 8 heteroatoms. The van der Waals surface area contributed by atoms with Crippen LogP contribution in [0.25, 0.3) is 0 Å². The van der Waals surface area contributed by atoms with Crippen LogP contribution in [-0.4, -0.2) is 20.5 Å². The number of benzene rings is 2. The number of hydrogen-bond donors (Lipinski definition) is 1. The van der Waals surface area contributed by atoms with Gasteiger partial charge in [-0.2, -0.15) is 4.98 Å². The van der Waals surface area contributed by atoms with Gasteiger partial charge in [0.1, 0.15) is 6.04 Å². The number of fused-ring (bicyclic) bond motifs is 1. The SMILES string of the molecule is O=C1CCCC2=C1C(c1cccc(Cl)c1)n1nc(SCc3ccccc3Cl)nc1N2. The van der Waals surface area contributed by atoms with Crippen molar-refractivity contribution in [3.05, 3.63) is 81.0 Å². The quantitative estimate of drug-likeness (QED) is 0.495. The summed E-state index contributed by atoms with van der Waals surface area (Å²) in [5.74, 6) is 1.46. The Balaban J connectivity index is 1.52. The van der Waals surface area contributed by atoms with E-state index in [-0.39, 0.29) is 11.8 Å². The Hall–Kier alpha value is -2.28. The van der Waals surface area contributed by atoms with E-state index < -0.39 is 0 Å². The molecule has 0 fully saturated rings. The van der Waals surface area contributed by atoms with E-state index in [2.05, 4.69) is 5.32 Å². The minimum Gasteiger partial charge on any atom is -0.328 e. The van der Waals surface area contributed by atoms with E-state index in [4.69, 9.17) is 33.3 Å². The maximum atomic E-state index is 12.8. The Morgan fingerprint density at radius 2 is 2.00 bits per heavy atom. The number of allylic oxidation sites excluding steroid dienone is 2. The van der Waals surface area contributed by atoms with Crippen molar-refractivity contribution in [1.82, 2.24) is 14.8 Å². The summed E-state index contributed by atoms with van der Waals surface area (Å²) in [7, 11) is 0. The van der Waals surface area contributed by atoms with Gasteiger partial charge in [-0.05, 0) is 42.2 Å². The number of hydrogen-bond acceptors (Lipinski definition) is 5. The molecule has 5 rings (SSSR count). The Labute approximate surface area is 188 Å². The van der Waals surface area contributed by atoms with Crippen molar-refractivity contribution in [2.45, 2.75) is 36.2 Å². The molecule has 1 atom stereocenters. The van der Waals surface area contributed by atoms with Crippen LogP contribution in [0.15, 0.2) is 65.0 Å². The normalized spacial score (nSPS) is 18.1. The Kier molecular flexibility index (Phi) is 5.31. The van der Waals surface area contributed by atoms with Gasteiger partial charge in [0, 0.05) is 33.5 Å². The number of Topliss-reactive ketones (excluding diaryl/α,β-unsaturated/α-hetero) is 1. The summed E-state index contributed by atoms with van der Waals surface area (Å²) in [6.45, 7) is 0. The van der Waals surface area contributed by atoms with E-state index in [1.54, 1.807) is 0 Å². The van der Waals surface area contributed by atoms with E-state index in [9.17, 15) is 4.79 Å². The first-order valence-electron chi connectivity index (χ1n) is 9.71. The molecule has 0 amide bonds. The van der Waals surface area contributed by atoms with Gasteiger partial charge in [0.15, 0.2) is 5.78 Å². The monoisotopic (exact) mass is 456 g/mol. The smallest absolute Gasteiger partial charge is 0.227 e. The summed E-state index contributed by atoms with van der Waals surface area (Å²) in [5.41, 5.74) is 3.67. The van der Waals surface area contributed by atoms with E-state index >= 15 is 0 Å². The molecule has 2 heterocycles. The van der Waals surface area contributed by atoms with Crippen molar-refractivity contribution < 1.29 is 4.79 Å². The summed E-state index contributed by atoms with van der Waals surface area (Å²) < 4.78 is 1.81. The van der Waals surface area contributed by atoms with Crippen molar-refractivity contribution in [2.75, 3.05) is 5.32 Å². The lowest BCUT2D eigenvalue weighted by atomic mass is 9.85. The van der Waals surface area contributed by atoms with Crippen molar-refractivity contribution in [3.63, 3.8) is 0 Å². The first-order chi connectivity index (χ1) is 14.6. The zero-order valence-electron chi connectivity index (χ0n) is 15.9. The first-order valence-corrected chi connectivity index (χ1v) is 11.5. The van der Waals surface area contributed by atoms with Gasteiger partial charge in [0.05, 0.1) is 0 Å². The molecule has 3 aromatic rings. The molecule has 2 aliphatic rings. The van der Waals surface area contributed by atoms with Gasteiger partial charge in [-0.3, -0.25) is 4.79 Å². The number of nitrogens with zero attached hydrogens (tertiary/aromatic N) is 3. The first kappa shape index (κ1) is 19.7. The Morgan fingerprint density at radius 3 is 2.83 bits per heavy atom. The van der Waals surface area contributed by atoms with E-state index in [0.29, 0.717) is 28.3 Å². The standard InChI is InChI=1S/C22H18Cl2N4OS/c23-15-7-3-6-13(11-15)20-19-17(9-4-10-18(19)29)25-21-26-22(27-28(20)21)30-12-14-5-1-2-8-16(14)24/h1-3,5-8,11,20H,4,9-10,12H2,(H,25,26,27). The molecular weight excluding hydrogens is 439 g/mol. The number of ketones is 1. The number of anilines is 1. The molecule has 1 N–H and O–H groups in total. The molecule has 0 saturated carbocycles. The molecule has 0 saturated heterocycles. The summed E-state index contributed by atoms with van der Waals surface area (Å²) in [5, 5.41) is 10.1. The molecule has 30 heavy (non-hydrogen) atoms. The predicted octanol–water partition coefficient (Wildman–Crippen LogP) is 5.90. The van der Waals surface area contributed by atoms with Gasteiger partial charge < -0.3 is 5.32 Å². The summed E-state index contributed by atoms with van der Waals surface area (Å²) in [4.78, 5) is 17.5. The number of aromatic nitrogens is 3. The molecule has 5 nitrogen and oxygen atoms in total. The third-order valence-electron chi connectivity index (χ3n) is 5.33. The molecule has 152 valence electrons. The number of halogens is 2. The Bertz CT molecular complexity index is 1170. The number of nitrogens with one attached hydrogen (secondary N) is 1. The molecule has 1 aromatic heterocycles. The second-order valence-electron chi connectivity index (χ2n) is 7.29. The minimum atomic E-state index is -0.329. The van der Waals surface area contributed by atoms with E-state index in [1.165, 1.54) is 11.8 Å². The average Bonchev–Trinajstić information content (AvgIpc) is 3.14. The molecule has 0 bridgehead atoms. The zero-order valence-corrected chi connectivity index (χ0v) is 18.3. The molecule has 1 aliphatic carbocycles. The molecular formula is C22H18Cl2N4OS. The van der Waals surface area contributed by atoms with Gasteiger partial charge in [0.25, 0.3) is 0 Å². The van der Waals surface area contributed by atoms with Crippen molar-refractivity contribution in [2.24, 2.45) is 0 Å². The van der Waals surface area contributed by atoms with Crippen LogP contribution in [0.5, 0.6) is 0 Å². The second kappa shape index (κ2) is 8.10. The Morgan fingerprint density at radius 1 is 1.13 bits per heavy atom. The van der Waals surface area contributed by atoms with Gasteiger partial charge >= 0.3 is 0 Å². The van der Waals surface area contributed by atoms with E-state index in [1.807, 2.05) is 53.2 Å². The largest absolute Gasteiger partial charge is 0.328 e. The molecule has 1 aliphatic heterocycles. The van der Waals surface area contributed by atoms with E-state index in [0.717, 1.165) is 40.3 Å².